The van der Waals surface area contributed by atoms with E-state index in [4.69, 9.17) is 14.6 Å². The summed E-state index contributed by atoms with van der Waals surface area (Å²) in [6, 6.07) is 13.8. The molecule has 0 aliphatic rings. The van der Waals surface area contributed by atoms with Crippen molar-refractivity contribution in [2.24, 2.45) is 5.14 Å². The Hall–Kier alpha value is -2.82. The van der Waals surface area contributed by atoms with Crippen molar-refractivity contribution < 1.29 is 22.7 Å². The Labute approximate surface area is 191 Å². The molecule has 0 aromatic heterocycles. The van der Waals surface area contributed by atoms with Crippen LogP contribution in [-0.4, -0.2) is 20.0 Å². The molecule has 0 atom stereocenters. The van der Waals surface area contributed by atoms with E-state index in [1.54, 1.807) is 12.1 Å². The van der Waals surface area contributed by atoms with Gasteiger partial charge in [-0.15, -0.1) is 0 Å². The average molecular weight is 458 g/mol. The Morgan fingerprint density at radius 2 is 1.62 bits per heavy atom. The summed E-state index contributed by atoms with van der Waals surface area (Å²) in [5.74, 6) is 6.73. The second-order valence-corrected chi connectivity index (χ2v) is 10.0. The predicted octanol–water partition coefficient (Wildman–Crippen LogP) is 4.56. The predicted molar refractivity (Wildman–Crippen MR) is 124 cm³/mol. The largest absolute Gasteiger partial charge is 0.489 e. The van der Waals surface area contributed by atoms with Crippen LogP contribution in [0.2, 0.25) is 0 Å². The molecule has 2 rings (SSSR count). The highest BCUT2D eigenvalue weighted by Gasteiger charge is 2.15. The van der Waals surface area contributed by atoms with Crippen LogP contribution in [-0.2, 0) is 26.2 Å². The molecule has 2 aromatic carbocycles. The maximum Gasteiger partial charge on any atom is 0.306 e. The van der Waals surface area contributed by atoms with Crippen molar-refractivity contribution in [3.05, 3.63) is 59.7 Å². The van der Waals surface area contributed by atoms with E-state index in [-0.39, 0.29) is 10.9 Å². The topological polar surface area (TPSA) is 95.7 Å². The second-order valence-electron chi connectivity index (χ2n) is 8.45. The van der Waals surface area contributed by atoms with Gasteiger partial charge < -0.3 is 9.47 Å². The van der Waals surface area contributed by atoms with Gasteiger partial charge in [-0.05, 0) is 75.6 Å². The van der Waals surface area contributed by atoms with Crippen LogP contribution >= 0.6 is 0 Å². The smallest absolute Gasteiger partial charge is 0.306 e. The first-order chi connectivity index (χ1) is 15.0. The van der Waals surface area contributed by atoms with Gasteiger partial charge in [-0.3, -0.25) is 4.79 Å². The van der Waals surface area contributed by atoms with E-state index in [0.29, 0.717) is 18.8 Å². The summed E-state index contributed by atoms with van der Waals surface area (Å²) in [5, 5.41) is 5.08. The van der Waals surface area contributed by atoms with Crippen molar-refractivity contribution >= 4 is 16.0 Å². The third-order valence-corrected chi connectivity index (χ3v) is 5.28. The molecule has 172 valence electrons. The Bertz CT molecular complexity index is 1040. The molecule has 0 heterocycles. The van der Waals surface area contributed by atoms with Crippen LogP contribution in [0, 0.1) is 11.8 Å². The lowest BCUT2D eigenvalue weighted by atomic mass is 10.1. The summed E-state index contributed by atoms with van der Waals surface area (Å²) < 4.78 is 33.5. The lowest BCUT2D eigenvalue weighted by molar-refractivity contribution is -0.154. The van der Waals surface area contributed by atoms with Gasteiger partial charge in [-0.2, -0.15) is 0 Å². The fraction of sp³-hybridized carbons (Fsp3) is 0.400. The number of hydrogen-bond donors (Lipinski definition) is 1. The SMILES string of the molecule is CC(C)(C)OC(=O)CCCCCC#Cc1ccc(COc2ccc(S(N)(=O)=O)cc2)cc1. The lowest BCUT2D eigenvalue weighted by Crippen LogP contribution is -2.23. The number of carbonyl (C=O) groups is 1. The van der Waals surface area contributed by atoms with E-state index in [2.05, 4.69) is 11.8 Å². The summed E-state index contributed by atoms with van der Waals surface area (Å²) in [6.45, 7) is 5.98. The van der Waals surface area contributed by atoms with Crippen LogP contribution in [0.5, 0.6) is 5.75 Å². The summed E-state index contributed by atoms with van der Waals surface area (Å²) >= 11 is 0. The van der Waals surface area contributed by atoms with Crippen LogP contribution in [0.1, 0.15) is 64.0 Å². The third kappa shape index (κ3) is 9.99. The molecule has 6 nitrogen and oxygen atoms in total. The molecule has 32 heavy (non-hydrogen) atoms. The number of primary sulfonamides is 1. The molecule has 0 fully saturated rings. The number of hydrogen-bond acceptors (Lipinski definition) is 5. The van der Waals surface area contributed by atoms with Crippen LogP contribution in [0.3, 0.4) is 0 Å². The highest BCUT2D eigenvalue weighted by Crippen LogP contribution is 2.17. The zero-order valence-corrected chi connectivity index (χ0v) is 19.7. The number of ether oxygens (including phenoxy) is 2. The molecular weight excluding hydrogens is 426 g/mol. The molecule has 0 spiro atoms. The van der Waals surface area contributed by atoms with Gasteiger partial charge in [-0.25, -0.2) is 13.6 Å². The first kappa shape index (κ1) is 25.4. The van der Waals surface area contributed by atoms with Gasteiger partial charge in [0.05, 0.1) is 4.90 Å². The number of esters is 1. The van der Waals surface area contributed by atoms with Crippen molar-refractivity contribution in [2.75, 3.05) is 0 Å². The molecule has 0 aliphatic carbocycles. The molecule has 2 N–H and O–H groups in total. The maximum absolute atomic E-state index is 11.7. The summed E-state index contributed by atoms with van der Waals surface area (Å²) in [5.41, 5.74) is 1.49. The average Bonchev–Trinajstić information content (AvgIpc) is 2.71. The number of sulfonamides is 1. The molecule has 2 aromatic rings. The Balaban J connectivity index is 1.69. The molecule has 0 bridgehead atoms. The Kier molecular flexibility index (Phi) is 9.30. The zero-order chi connectivity index (χ0) is 23.6. The molecule has 0 radical (unpaired) electrons. The van der Waals surface area contributed by atoms with E-state index in [1.807, 2.05) is 45.0 Å². The summed E-state index contributed by atoms with van der Waals surface area (Å²) in [7, 11) is -3.70. The first-order valence-corrected chi connectivity index (χ1v) is 12.1. The molecule has 0 unspecified atom stereocenters. The molecule has 0 saturated heterocycles. The third-order valence-electron chi connectivity index (χ3n) is 4.35. The standard InChI is InChI=1S/C25H31NO5S/c1-25(2,3)31-24(27)10-8-6-4-5-7-9-20-11-13-21(14-12-20)19-30-22-15-17-23(18-16-22)32(26,28)29/h11-18H,4-6,8,10,19H2,1-3H3,(H2,26,28,29). The normalized spacial score (nSPS) is 11.4. The minimum Gasteiger partial charge on any atom is -0.489 e. The fourth-order valence-electron chi connectivity index (χ4n) is 2.79. The van der Waals surface area contributed by atoms with Gasteiger partial charge in [0.15, 0.2) is 0 Å². The molecule has 7 heteroatoms. The number of nitrogens with two attached hydrogens (primary N) is 1. The number of carbonyl (C=O) groups excluding carboxylic acids is 1. The van der Waals surface area contributed by atoms with Gasteiger partial charge in [0.1, 0.15) is 18.0 Å². The Morgan fingerprint density at radius 3 is 2.22 bits per heavy atom. The lowest BCUT2D eigenvalue weighted by Gasteiger charge is -2.19. The molecule has 0 saturated carbocycles. The van der Waals surface area contributed by atoms with Crippen LogP contribution in [0.15, 0.2) is 53.4 Å². The van der Waals surface area contributed by atoms with Crippen molar-refractivity contribution in [2.45, 2.75) is 70.0 Å². The Morgan fingerprint density at radius 1 is 0.969 bits per heavy atom. The van der Waals surface area contributed by atoms with E-state index in [1.165, 1.54) is 12.1 Å². The van der Waals surface area contributed by atoms with Gasteiger partial charge in [0.25, 0.3) is 0 Å². The molecular formula is C25H31NO5S. The van der Waals surface area contributed by atoms with E-state index >= 15 is 0 Å². The minimum absolute atomic E-state index is 0.0517. The number of rotatable bonds is 9. The molecule has 0 amide bonds. The van der Waals surface area contributed by atoms with Crippen LogP contribution in [0.25, 0.3) is 0 Å². The zero-order valence-electron chi connectivity index (χ0n) is 18.9. The quantitative estimate of drug-likeness (QED) is 0.338. The first-order valence-electron chi connectivity index (χ1n) is 10.6. The minimum atomic E-state index is -3.70. The van der Waals surface area contributed by atoms with Gasteiger partial charge >= 0.3 is 5.97 Å². The monoisotopic (exact) mass is 457 g/mol. The van der Waals surface area contributed by atoms with Crippen molar-refractivity contribution in [1.82, 2.24) is 0 Å². The fourth-order valence-corrected chi connectivity index (χ4v) is 3.31. The van der Waals surface area contributed by atoms with E-state index in [0.717, 1.165) is 36.8 Å². The van der Waals surface area contributed by atoms with Crippen molar-refractivity contribution in [3.63, 3.8) is 0 Å². The second kappa shape index (κ2) is 11.7. The maximum atomic E-state index is 11.7. The molecule has 0 aliphatic heterocycles. The van der Waals surface area contributed by atoms with Crippen molar-refractivity contribution in [1.29, 1.82) is 0 Å². The van der Waals surface area contributed by atoms with Gasteiger partial charge in [0.2, 0.25) is 10.0 Å². The van der Waals surface area contributed by atoms with E-state index in [9.17, 15) is 13.2 Å². The summed E-state index contributed by atoms with van der Waals surface area (Å²) in [6.07, 6.45) is 3.95. The van der Waals surface area contributed by atoms with Gasteiger partial charge in [0, 0.05) is 18.4 Å². The highest BCUT2D eigenvalue weighted by atomic mass is 32.2. The number of unbranched alkanes of at least 4 members (excludes halogenated alkanes) is 3. The number of benzene rings is 2. The van der Waals surface area contributed by atoms with Crippen molar-refractivity contribution in [3.8, 4) is 17.6 Å². The van der Waals surface area contributed by atoms with E-state index < -0.39 is 15.6 Å². The van der Waals surface area contributed by atoms with Crippen LogP contribution < -0.4 is 9.88 Å². The summed E-state index contributed by atoms with van der Waals surface area (Å²) in [4.78, 5) is 11.7. The van der Waals surface area contributed by atoms with Gasteiger partial charge in [-0.1, -0.05) is 30.4 Å². The highest BCUT2D eigenvalue weighted by molar-refractivity contribution is 7.89. The van der Waals surface area contributed by atoms with Crippen LogP contribution in [0.4, 0.5) is 0 Å².